The van der Waals surface area contributed by atoms with Crippen LogP contribution in [0.4, 0.5) is 0 Å². The van der Waals surface area contributed by atoms with Crippen molar-refractivity contribution in [3.63, 3.8) is 0 Å². The Morgan fingerprint density at radius 2 is 1.68 bits per heavy atom. The highest BCUT2D eigenvalue weighted by Gasteiger charge is 2.26. The third kappa shape index (κ3) is 6.67. The van der Waals surface area contributed by atoms with Crippen molar-refractivity contribution in [2.24, 2.45) is 5.92 Å². The molecule has 25 heavy (non-hydrogen) atoms. The number of hydrogen-bond acceptors (Lipinski definition) is 3. The lowest BCUT2D eigenvalue weighted by Gasteiger charge is -2.36. The molecule has 0 spiro atoms. The smallest absolute Gasteiger partial charge is 0.226 e. The van der Waals surface area contributed by atoms with E-state index in [-0.39, 0.29) is 30.1 Å². The van der Waals surface area contributed by atoms with Crippen LogP contribution in [0.2, 0.25) is 0 Å². The number of rotatable bonds is 7. The maximum atomic E-state index is 12.3. The Kier molecular flexibility index (Phi) is 9.53. The molecule has 1 aliphatic rings. The Morgan fingerprint density at radius 1 is 1.08 bits per heavy atom. The van der Waals surface area contributed by atoms with E-state index in [1.165, 1.54) is 5.56 Å². The Hall–Kier alpha value is -1.59. The minimum atomic E-state index is -0.0110. The van der Waals surface area contributed by atoms with E-state index in [0.717, 1.165) is 12.8 Å². The van der Waals surface area contributed by atoms with Crippen molar-refractivity contribution < 1.29 is 9.59 Å². The van der Waals surface area contributed by atoms with E-state index in [9.17, 15) is 9.59 Å². The van der Waals surface area contributed by atoms with Gasteiger partial charge in [0.15, 0.2) is 0 Å². The lowest BCUT2D eigenvalue weighted by molar-refractivity contribution is -0.141. The minimum absolute atomic E-state index is 0. The molecule has 1 atom stereocenters. The molecule has 0 aliphatic carbocycles. The SMILES string of the molecule is CNCC(C)C(=O)N1CCN(C(=O)CCCc2ccccc2)CC1.Cl. The summed E-state index contributed by atoms with van der Waals surface area (Å²) in [6, 6.07) is 10.3. The monoisotopic (exact) mass is 367 g/mol. The first-order chi connectivity index (χ1) is 11.6. The van der Waals surface area contributed by atoms with Crippen molar-refractivity contribution in [2.45, 2.75) is 26.2 Å². The molecule has 2 rings (SSSR count). The molecule has 1 heterocycles. The van der Waals surface area contributed by atoms with Crippen LogP contribution in [-0.2, 0) is 16.0 Å². The summed E-state index contributed by atoms with van der Waals surface area (Å²) in [5, 5.41) is 3.04. The molecule has 1 aliphatic heterocycles. The number of nitrogens with one attached hydrogen (secondary N) is 1. The summed E-state index contributed by atoms with van der Waals surface area (Å²) in [6.45, 7) is 5.25. The van der Waals surface area contributed by atoms with Gasteiger partial charge in [-0.1, -0.05) is 37.3 Å². The number of amides is 2. The molecule has 1 aromatic rings. The summed E-state index contributed by atoms with van der Waals surface area (Å²) in [5.41, 5.74) is 1.28. The van der Waals surface area contributed by atoms with Gasteiger partial charge in [-0.3, -0.25) is 9.59 Å². The topological polar surface area (TPSA) is 52.7 Å². The molecule has 1 saturated heterocycles. The molecular weight excluding hydrogens is 338 g/mol. The summed E-state index contributed by atoms with van der Waals surface area (Å²) in [6.07, 6.45) is 2.40. The molecule has 1 unspecified atom stereocenters. The molecule has 5 nitrogen and oxygen atoms in total. The van der Waals surface area contributed by atoms with Crippen LogP contribution in [0.1, 0.15) is 25.3 Å². The standard InChI is InChI=1S/C19H29N3O2.ClH/c1-16(15-20-2)19(24)22-13-11-21(12-14-22)18(23)10-6-9-17-7-4-3-5-8-17;/h3-5,7-8,16,20H,6,9-15H2,1-2H3;1H. The fraction of sp³-hybridized carbons (Fsp3) is 0.579. The average Bonchev–Trinajstić information content (AvgIpc) is 2.62. The largest absolute Gasteiger partial charge is 0.339 e. The predicted molar refractivity (Wildman–Crippen MR) is 103 cm³/mol. The Morgan fingerprint density at radius 3 is 2.28 bits per heavy atom. The zero-order chi connectivity index (χ0) is 17.4. The molecule has 0 aromatic heterocycles. The zero-order valence-electron chi connectivity index (χ0n) is 15.2. The maximum Gasteiger partial charge on any atom is 0.226 e. The Labute approximate surface area is 157 Å². The highest BCUT2D eigenvalue weighted by Crippen LogP contribution is 2.10. The third-order valence-corrected chi connectivity index (χ3v) is 4.57. The summed E-state index contributed by atoms with van der Waals surface area (Å²) in [5.74, 6) is 0.380. The van der Waals surface area contributed by atoms with Crippen molar-refractivity contribution >= 4 is 24.2 Å². The van der Waals surface area contributed by atoms with Gasteiger partial charge in [-0.15, -0.1) is 12.4 Å². The highest BCUT2D eigenvalue weighted by molar-refractivity contribution is 5.85. The van der Waals surface area contributed by atoms with E-state index < -0.39 is 0 Å². The molecule has 0 bridgehead atoms. The molecule has 1 aromatic carbocycles. The van der Waals surface area contributed by atoms with E-state index in [1.54, 1.807) is 0 Å². The van der Waals surface area contributed by atoms with Crippen LogP contribution in [0.15, 0.2) is 30.3 Å². The number of nitrogens with zero attached hydrogens (tertiary/aromatic N) is 2. The lowest BCUT2D eigenvalue weighted by atomic mass is 10.1. The molecule has 0 radical (unpaired) electrons. The molecule has 2 amide bonds. The fourth-order valence-corrected chi connectivity index (χ4v) is 3.13. The third-order valence-electron chi connectivity index (χ3n) is 4.57. The van der Waals surface area contributed by atoms with Gasteiger partial charge in [-0.05, 0) is 25.5 Å². The van der Waals surface area contributed by atoms with Crippen LogP contribution in [0.3, 0.4) is 0 Å². The van der Waals surface area contributed by atoms with Crippen LogP contribution >= 0.6 is 12.4 Å². The van der Waals surface area contributed by atoms with Crippen LogP contribution < -0.4 is 5.32 Å². The van der Waals surface area contributed by atoms with Gasteiger partial charge in [-0.25, -0.2) is 0 Å². The van der Waals surface area contributed by atoms with Crippen molar-refractivity contribution in [3.8, 4) is 0 Å². The molecular formula is C19H30ClN3O2. The van der Waals surface area contributed by atoms with Crippen LogP contribution in [0, 0.1) is 5.92 Å². The highest BCUT2D eigenvalue weighted by atomic mass is 35.5. The number of piperazine rings is 1. The minimum Gasteiger partial charge on any atom is -0.339 e. The summed E-state index contributed by atoms with van der Waals surface area (Å²) in [7, 11) is 1.86. The summed E-state index contributed by atoms with van der Waals surface area (Å²) < 4.78 is 0. The number of halogens is 1. The van der Waals surface area contributed by atoms with Crippen LogP contribution in [0.5, 0.6) is 0 Å². The molecule has 0 saturated carbocycles. The molecule has 1 N–H and O–H groups in total. The van der Waals surface area contributed by atoms with Gasteiger partial charge in [0, 0.05) is 45.1 Å². The molecule has 140 valence electrons. The van der Waals surface area contributed by atoms with Crippen molar-refractivity contribution in [2.75, 3.05) is 39.8 Å². The summed E-state index contributed by atoms with van der Waals surface area (Å²) >= 11 is 0. The van der Waals surface area contributed by atoms with E-state index in [4.69, 9.17) is 0 Å². The van der Waals surface area contributed by atoms with Crippen molar-refractivity contribution in [1.29, 1.82) is 0 Å². The quantitative estimate of drug-likeness (QED) is 0.801. The van der Waals surface area contributed by atoms with Crippen LogP contribution in [-0.4, -0.2) is 61.4 Å². The Balaban J connectivity index is 0.00000312. The number of hydrogen-bond donors (Lipinski definition) is 1. The maximum absolute atomic E-state index is 12.3. The second-order valence-corrected chi connectivity index (χ2v) is 6.50. The van der Waals surface area contributed by atoms with Gasteiger partial charge in [0.25, 0.3) is 0 Å². The first-order valence-electron chi connectivity index (χ1n) is 8.87. The first kappa shape index (κ1) is 21.5. The van der Waals surface area contributed by atoms with E-state index >= 15 is 0 Å². The number of aryl methyl sites for hydroxylation is 1. The number of carbonyl (C=O) groups is 2. The Bertz CT molecular complexity index is 531. The van der Waals surface area contributed by atoms with Gasteiger partial charge >= 0.3 is 0 Å². The fourth-order valence-electron chi connectivity index (χ4n) is 3.13. The second-order valence-electron chi connectivity index (χ2n) is 6.50. The average molecular weight is 368 g/mol. The molecule has 6 heteroatoms. The lowest BCUT2D eigenvalue weighted by Crippen LogP contribution is -2.52. The summed E-state index contributed by atoms with van der Waals surface area (Å²) in [4.78, 5) is 28.4. The zero-order valence-corrected chi connectivity index (χ0v) is 16.1. The van der Waals surface area contributed by atoms with Gasteiger partial charge in [-0.2, -0.15) is 0 Å². The van der Waals surface area contributed by atoms with E-state index in [0.29, 0.717) is 39.1 Å². The second kappa shape index (κ2) is 11.1. The van der Waals surface area contributed by atoms with Gasteiger partial charge in [0.05, 0.1) is 0 Å². The van der Waals surface area contributed by atoms with E-state index in [2.05, 4.69) is 17.4 Å². The van der Waals surface area contributed by atoms with E-state index in [1.807, 2.05) is 42.0 Å². The van der Waals surface area contributed by atoms with Crippen molar-refractivity contribution in [1.82, 2.24) is 15.1 Å². The predicted octanol–water partition coefficient (Wildman–Crippen LogP) is 1.96. The van der Waals surface area contributed by atoms with Gasteiger partial charge < -0.3 is 15.1 Å². The van der Waals surface area contributed by atoms with Crippen molar-refractivity contribution in [3.05, 3.63) is 35.9 Å². The molecule has 1 fully saturated rings. The van der Waals surface area contributed by atoms with Gasteiger partial charge in [0.2, 0.25) is 11.8 Å². The normalized spacial score (nSPS) is 15.4. The van der Waals surface area contributed by atoms with Crippen LogP contribution in [0.25, 0.3) is 0 Å². The first-order valence-corrected chi connectivity index (χ1v) is 8.87. The van der Waals surface area contributed by atoms with Gasteiger partial charge in [0.1, 0.15) is 0 Å². The number of carbonyl (C=O) groups excluding carboxylic acids is 2. The number of benzene rings is 1.